The minimum absolute atomic E-state index is 0.0149. The lowest BCUT2D eigenvalue weighted by Crippen LogP contribution is -2.45. The van der Waals surface area contributed by atoms with Crippen molar-refractivity contribution in [2.75, 3.05) is 20.8 Å². The Hall–Kier alpha value is -1.14. The molecular formula is C10H20N2O4. The van der Waals surface area contributed by atoms with Crippen molar-refractivity contribution in [2.24, 2.45) is 0 Å². The highest BCUT2D eigenvalue weighted by atomic mass is 16.7. The van der Waals surface area contributed by atoms with Gasteiger partial charge in [-0.05, 0) is 13.3 Å². The first kappa shape index (κ1) is 14.9. The second-order valence-corrected chi connectivity index (χ2v) is 3.39. The molecule has 94 valence electrons. The molecule has 6 nitrogen and oxygen atoms in total. The molecule has 6 heteroatoms. The number of carbonyl (C=O) groups is 2. The number of carbonyl (C=O) groups excluding carboxylic acids is 2. The average molecular weight is 232 g/mol. The summed E-state index contributed by atoms with van der Waals surface area (Å²) in [6.07, 6.45) is 0.234. The van der Waals surface area contributed by atoms with E-state index in [2.05, 4.69) is 10.6 Å². The van der Waals surface area contributed by atoms with Gasteiger partial charge in [0, 0.05) is 20.3 Å². The van der Waals surface area contributed by atoms with Crippen LogP contribution in [0.15, 0.2) is 0 Å². The molecule has 0 aliphatic heterocycles. The van der Waals surface area contributed by atoms with Crippen molar-refractivity contribution in [1.29, 1.82) is 0 Å². The molecule has 0 rings (SSSR count). The van der Waals surface area contributed by atoms with Crippen LogP contribution in [0.5, 0.6) is 0 Å². The number of ether oxygens (including phenoxy) is 2. The highest BCUT2D eigenvalue weighted by Gasteiger charge is 2.16. The van der Waals surface area contributed by atoms with Gasteiger partial charge in [0.2, 0.25) is 0 Å². The van der Waals surface area contributed by atoms with Gasteiger partial charge in [-0.2, -0.15) is 0 Å². The molecule has 0 radical (unpaired) electrons. The number of rotatable bonds is 6. The van der Waals surface area contributed by atoms with E-state index < -0.39 is 18.1 Å². The van der Waals surface area contributed by atoms with Crippen LogP contribution in [0.4, 0.5) is 0 Å². The average Bonchev–Trinajstić information content (AvgIpc) is 2.29. The quantitative estimate of drug-likeness (QED) is 0.484. The van der Waals surface area contributed by atoms with E-state index in [0.717, 1.165) is 6.42 Å². The van der Waals surface area contributed by atoms with Crippen LogP contribution < -0.4 is 10.6 Å². The summed E-state index contributed by atoms with van der Waals surface area (Å²) in [6.45, 7) is 3.90. The van der Waals surface area contributed by atoms with Gasteiger partial charge in [0.25, 0.3) is 0 Å². The fraction of sp³-hybridized carbons (Fsp3) is 0.800. The van der Waals surface area contributed by atoms with Gasteiger partial charge in [-0.15, -0.1) is 0 Å². The summed E-state index contributed by atoms with van der Waals surface area (Å²) in [4.78, 5) is 22.6. The molecular weight excluding hydrogens is 212 g/mol. The lowest BCUT2D eigenvalue weighted by Gasteiger charge is -2.15. The van der Waals surface area contributed by atoms with Crippen LogP contribution in [0.2, 0.25) is 0 Å². The topological polar surface area (TPSA) is 76.7 Å². The molecule has 0 saturated heterocycles. The van der Waals surface area contributed by atoms with E-state index in [-0.39, 0.29) is 12.6 Å². The van der Waals surface area contributed by atoms with Crippen LogP contribution >= 0.6 is 0 Å². The largest absolute Gasteiger partial charge is 0.354 e. The zero-order valence-electron chi connectivity index (χ0n) is 10.2. The third-order valence-electron chi connectivity index (χ3n) is 2.15. The molecule has 0 bridgehead atoms. The van der Waals surface area contributed by atoms with E-state index in [1.165, 1.54) is 14.2 Å². The van der Waals surface area contributed by atoms with Crippen molar-refractivity contribution in [3.63, 3.8) is 0 Å². The molecule has 16 heavy (non-hydrogen) atoms. The van der Waals surface area contributed by atoms with Crippen molar-refractivity contribution >= 4 is 11.8 Å². The van der Waals surface area contributed by atoms with Gasteiger partial charge in [-0.25, -0.2) is 0 Å². The van der Waals surface area contributed by atoms with E-state index in [4.69, 9.17) is 9.47 Å². The fourth-order valence-corrected chi connectivity index (χ4v) is 0.911. The third kappa shape index (κ3) is 5.67. The minimum atomic E-state index is -0.681. The van der Waals surface area contributed by atoms with Gasteiger partial charge in [-0.1, -0.05) is 6.92 Å². The zero-order valence-corrected chi connectivity index (χ0v) is 10.2. The van der Waals surface area contributed by atoms with E-state index in [1.54, 1.807) is 0 Å². The Kier molecular flexibility index (Phi) is 7.49. The highest BCUT2D eigenvalue weighted by Crippen LogP contribution is 1.89. The van der Waals surface area contributed by atoms with E-state index >= 15 is 0 Å². The lowest BCUT2D eigenvalue weighted by molar-refractivity contribution is -0.142. The summed E-state index contributed by atoms with van der Waals surface area (Å²) < 4.78 is 9.73. The number of methoxy groups -OCH3 is 2. The first-order valence-corrected chi connectivity index (χ1v) is 5.19. The van der Waals surface area contributed by atoms with Gasteiger partial charge < -0.3 is 20.1 Å². The Labute approximate surface area is 95.7 Å². The lowest BCUT2D eigenvalue weighted by atomic mass is 10.2. The van der Waals surface area contributed by atoms with Gasteiger partial charge >= 0.3 is 11.8 Å². The Bertz CT molecular complexity index is 229. The second-order valence-electron chi connectivity index (χ2n) is 3.39. The first-order chi connectivity index (χ1) is 7.54. The molecule has 0 saturated carbocycles. The van der Waals surface area contributed by atoms with Crippen molar-refractivity contribution in [2.45, 2.75) is 32.6 Å². The van der Waals surface area contributed by atoms with Crippen LogP contribution in [0.25, 0.3) is 0 Å². The molecule has 0 spiro atoms. The third-order valence-corrected chi connectivity index (χ3v) is 2.15. The zero-order chi connectivity index (χ0) is 12.6. The highest BCUT2D eigenvalue weighted by molar-refractivity contribution is 6.35. The predicted octanol–water partition coefficient (Wildman–Crippen LogP) is -0.364. The van der Waals surface area contributed by atoms with Crippen LogP contribution in [-0.4, -0.2) is 44.9 Å². The summed E-state index contributed by atoms with van der Waals surface area (Å²) in [5, 5.41) is 4.97. The van der Waals surface area contributed by atoms with E-state index in [1.807, 2.05) is 13.8 Å². The number of hydrogen-bond donors (Lipinski definition) is 2. The summed E-state index contributed by atoms with van der Waals surface area (Å²) in [5.74, 6) is -1.32. The molecule has 1 unspecified atom stereocenters. The Balaban J connectivity index is 3.92. The van der Waals surface area contributed by atoms with Crippen LogP contribution in [-0.2, 0) is 19.1 Å². The summed E-state index contributed by atoms with van der Waals surface area (Å²) in [5.41, 5.74) is 0. The predicted molar refractivity (Wildman–Crippen MR) is 58.7 cm³/mol. The standard InChI is InChI=1S/C10H20N2O4/c1-5-7(2)12-10(14)9(13)11-6-8(15-3)16-4/h7-8H,5-6H2,1-4H3,(H,11,13)(H,12,14). The number of amides is 2. The van der Waals surface area contributed by atoms with Gasteiger partial charge in [0.05, 0.1) is 6.54 Å². The van der Waals surface area contributed by atoms with Gasteiger partial charge in [-0.3, -0.25) is 9.59 Å². The molecule has 0 aromatic rings. The molecule has 0 aromatic heterocycles. The number of nitrogens with one attached hydrogen (secondary N) is 2. The molecule has 2 amide bonds. The summed E-state index contributed by atoms with van der Waals surface area (Å²) >= 11 is 0. The van der Waals surface area contributed by atoms with Gasteiger partial charge in [0.1, 0.15) is 0 Å². The summed E-state index contributed by atoms with van der Waals surface area (Å²) in [6, 6.07) is -0.0149. The maximum absolute atomic E-state index is 11.3. The maximum atomic E-state index is 11.3. The molecule has 0 aliphatic carbocycles. The maximum Gasteiger partial charge on any atom is 0.309 e. The second kappa shape index (κ2) is 8.06. The molecule has 2 N–H and O–H groups in total. The Morgan fingerprint density at radius 3 is 2.19 bits per heavy atom. The van der Waals surface area contributed by atoms with E-state index in [0.29, 0.717) is 0 Å². The van der Waals surface area contributed by atoms with Crippen molar-refractivity contribution < 1.29 is 19.1 Å². The first-order valence-electron chi connectivity index (χ1n) is 5.19. The molecule has 1 atom stereocenters. The van der Waals surface area contributed by atoms with E-state index in [9.17, 15) is 9.59 Å². The van der Waals surface area contributed by atoms with Crippen molar-refractivity contribution in [1.82, 2.24) is 10.6 Å². The minimum Gasteiger partial charge on any atom is -0.354 e. The SMILES string of the molecule is CCC(C)NC(=O)C(=O)NCC(OC)OC. The number of hydrogen-bond acceptors (Lipinski definition) is 4. The van der Waals surface area contributed by atoms with Crippen molar-refractivity contribution in [3.05, 3.63) is 0 Å². The summed E-state index contributed by atoms with van der Waals surface area (Å²) in [7, 11) is 2.92. The van der Waals surface area contributed by atoms with Crippen LogP contribution in [0.3, 0.4) is 0 Å². The van der Waals surface area contributed by atoms with Crippen LogP contribution in [0.1, 0.15) is 20.3 Å². The normalized spacial score (nSPS) is 12.3. The fourth-order valence-electron chi connectivity index (χ4n) is 0.911. The van der Waals surface area contributed by atoms with Crippen LogP contribution in [0, 0.1) is 0 Å². The molecule has 0 fully saturated rings. The van der Waals surface area contributed by atoms with Gasteiger partial charge in [0.15, 0.2) is 6.29 Å². The Morgan fingerprint density at radius 1 is 1.19 bits per heavy atom. The Morgan fingerprint density at radius 2 is 1.75 bits per heavy atom. The monoisotopic (exact) mass is 232 g/mol. The molecule has 0 aliphatic rings. The molecule has 0 heterocycles. The van der Waals surface area contributed by atoms with Crippen molar-refractivity contribution in [3.8, 4) is 0 Å². The molecule has 0 aromatic carbocycles. The smallest absolute Gasteiger partial charge is 0.309 e.